The predicted octanol–water partition coefficient (Wildman–Crippen LogP) is 1.40. The molecule has 2 bridgehead atoms. The monoisotopic (exact) mass is 852 g/mol. The fourth-order valence-electron chi connectivity index (χ4n) is 9.43. The molecule has 4 amide bonds. The van der Waals surface area contributed by atoms with Gasteiger partial charge in [-0.05, 0) is 113 Å². The van der Waals surface area contributed by atoms with Crippen LogP contribution in [0.1, 0.15) is 66.6 Å². The third kappa shape index (κ3) is 9.97. The second-order valence-corrected chi connectivity index (χ2v) is 16.4. The molecule has 1 spiro atoms. The number of phenolic OH excluding ortho intramolecular Hbond substituents is 1. The Balaban J connectivity index is 0.696. The van der Waals surface area contributed by atoms with Crippen molar-refractivity contribution in [2.45, 2.75) is 81.1 Å². The fourth-order valence-corrected chi connectivity index (χ4v) is 9.43. The number of piperidine rings is 1. The average molecular weight is 853 g/mol. The first-order valence-corrected chi connectivity index (χ1v) is 21.3. The lowest BCUT2D eigenvalue weighted by Gasteiger charge is -2.63. The molecule has 2 aromatic carbocycles. The summed E-state index contributed by atoms with van der Waals surface area (Å²) in [5, 5.41) is 34.3. The van der Waals surface area contributed by atoms with Gasteiger partial charge in [0.2, 0.25) is 23.6 Å². The van der Waals surface area contributed by atoms with E-state index in [1.807, 2.05) is 62.5 Å². The van der Waals surface area contributed by atoms with Gasteiger partial charge in [0.05, 0.1) is 23.6 Å². The van der Waals surface area contributed by atoms with Gasteiger partial charge in [-0.3, -0.25) is 19.2 Å². The summed E-state index contributed by atoms with van der Waals surface area (Å²) in [6.07, 6.45) is 3.86. The van der Waals surface area contributed by atoms with Crippen molar-refractivity contribution in [2.24, 2.45) is 0 Å². The van der Waals surface area contributed by atoms with Crippen LogP contribution in [0.15, 0.2) is 54.6 Å². The van der Waals surface area contributed by atoms with Crippen molar-refractivity contribution in [2.75, 3.05) is 66.3 Å². The first-order chi connectivity index (χ1) is 30.0. The predicted molar refractivity (Wildman–Crippen MR) is 226 cm³/mol. The van der Waals surface area contributed by atoms with Gasteiger partial charge in [0.15, 0.2) is 11.5 Å². The summed E-state index contributed by atoms with van der Waals surface area (Å²) >= 11 is 0. The molecular formula is C46H56N6O10. The highest BCUT2D eigenvalue weighted by Gasteiger charge is 2.72. The minimum Gasteiger partial charge on any atom is -0.504 e. The maximum absolute atomic E-state index is 13.0. The number of phenols is 1. The minimum absolute atomic E-state index is 0.0389. The van der Waals surface area contributed by atoms with Crippen LogP contribution in [0.3, 0.4) is 0 Å². The molecule has 1 saturated carbocycles. The Labute approximate surface area is 361 Å². The molecule has 2 aliphatic carbocycles. The summed E-state index contributed by atoms with van der Waals surface area (Å²) in [7, 11) is 2.03. The highest BCUT2D eigenvalue weighted by Crippen LogP contribution is 2.65. The number of aryl methyl sites for hydroxylation is 1. The van der Waals surface area contributed by atoms with Crippen molar-refractivity contribution in [3.8, 4) is 29.1 Å². The quantitative estimate of drug-likeness (QED) is 0.0748. The first-order valence-electron chi connectivity index (χ1n) is 21.3. The topological polar surface area (TPSA) is 210 Å². The molecule has 5 atom stereocenters. The number of aromatic nitrogens is 1. The van der Waals surface area contributed by atoms with Crippen LogP contribution in [0, 0.1) is 18.8 Å². The summed E-state index contributed by atoms with van der Waals surface area (Å²) in [6.45, 7) is 2.91. The molecule has 1 aromatic heterocycles. The molecule has 330 valence electrons. The van der Waals surface area contributed by atoms with E-state index in [-0.39, 0.29) is 75.0 Å². The summed E-state index contributed by atoms with van der Waals surface area (Å²) in [4.78, 5) is 56.2. The number of likely N-dealkylation sites (tertiary alicyclic amines) is 1. The number of nitrogens with one attached hydrogen (secondary N) is 4. The molecule has 1 unspecified atom stereocenters. The molecule has 3 aromatic rings. The van der Waals surface area contributed by atoms with Gasteiger partial charge >= 0.3 is 0 Å². The molecule has 2 fully saturated rings. The van der Waals surface area contributed by atoms with Gasteiger partial charge in [-0.15, -0.1) is 0 Å². The number of pyridine rings is 1. The van der Waals surface area contributed by atoms with Crippen molar-refractivity contribution in [3.63, 3.8) is 0 Å². The zero-order valence-electron chi connectivity index (χ0n) is 35.3. The number of unbranched alkanes of at least 4 members (excludes halogenated alkanes) is 2. The molecule has 7 rings (SSSR count). The van der Waals surface area contributed by atoms with Crippen molar-refractivity contribution >= 4 is 23.6 Å². The Morgan fingerprint density at radius 2 is 1.56 bits per heavy atom. The highest BCUT2D eigenvalue weighted by atomic mass is 16.5. The molecule has 6 N–H and O–H groups in total. The number of carbonyl (C=O) groups is 4. The van der Waals surface area contributed by atoms with E-state index in [4.69, 9.17) is 18.9 Å². The molecule has 3 heterocycles. The van der Waals surface area contributed by atoms with E-state index in [1.54, 1.807) is 6.07 Å². The number of aromatic hydroxyl groups is 1. The van der Waals surface area contributed by atoms with Crippen molar-refractivity contribution in [3.05, 3.63) is 82.7 Å². The number of hydrogen-bond donors (Lipinski definition) is 6. The Morgan fingerprint density at radius 1 is 0.871 bits per heavy atom. The van der Waals surface area contributed by atoms with E-state index in [2.05, 4.69) is 43.0 Å². The van der Waals surface area contributed by atoms with Gasteiger partial charge in [0.1, 0.15) is 50.6 Å². The maximum Gasteiger partial charge on any atom is 0.246 e. The Kier molecular flexibility index (Phi) is 14.3. The maximum atomic E-state index is 13.0. The van der Waals surface area contributed by atoms with Crippen LogP contribution in [-0.2, 0) is 40.5 Å². The van der Waals surface area contributed by atoms with Gasteiger partial charge in [-0.2, -0.15) is 0 Å². The van der Waals surface area contributed by atoms with E-state index in [0.717, 1.165) is 35.3 Å². The number of carbonyl (C=O) groups excluding carboxylic acids is 4. The highest BCUT2D eigenvalue weighted by molar-refractivity contribution is 5.80. The van der Waals surface area contributed by atoms with E-state index in [1.165, 1.54) is 0 Å². The third-order valence-electron chi connectivity index (χ3n) is 12.3. The van der Waals surface area contributed by atoms with Crippen LogP contribution in [0.4, 0.5) is 0 Å². The van der Waals surface area contributed by atoms with Gasteiger partial charge in [0, 0.05) is 36.0 Å². The number of hydrogen-bond acceptors (Lipinski definition) is 12. The summed E-state index contributed by atoms with van der Waals surface area (Å²) < 4.78 is 22.8. The van der Waals surface area contributed by atoms with Gasteiger partial charge in [-0.1, -0.05) is 24.1 Å². The molecule has 16 nitrogen and oxygen atoms in total. The lowest BCUT2D eigenvalue weighted by Crippen LogP contribution is -2.77. The zero-order valence-corrected chi connectivity index (χ0v) is 35.3. The van der Waals surface area contributed by atoms with Crippen molar-refractivity contribution in [1.82, 2.24) is 31.2 Å². The smallest absolute Gasteiger partial charge is 0.246 e. The lowest BCUT2D eigenvalue weighted by molar-refractivity contribution is -0.187. The molecule has 0 radical (unpaired) electrons. The number of benzene rings is 2. The molecule has 2 aliphatic heterocycles. The first kappa shape index (κ1) is 44.3. The fraction of sp³-hybridized carbons (Fsp3) is 0.500. The number of nitrogens with zero attached hydrogens (tertiary/aromatic N) is 2. The molecule has 4 aliphatic rings. The van der Waals surface area contributed by atoms with E-state index < -0.39 is 23.2 Å². The number of likely N-dealkylation sites (N-methyl/N-ethyl adjacent to an activating group) is 1. The van der Waals surface area contributed by atoms with Crippen molar-refractivity contribution < 1.29 is 48.3 Å². The van der Waals surface area contributed by atoms with Crippen LogP contribution < -0.4 is 30.7 Å². The molecule has 16 heteroatoms. The molecular weight excluding hydrogens is 797 g/mol. The Morgan fingerprint density at radius 3 is 2.29 bits per heavy atom. The van der Waals surface area contributed by atoms with Crippen LogP contribution in [0.2, 0.25) is 0 Å². The summed E-state index contributed by atoms with van der Waals surface area (Å²) in [5.41, 5.74) is 2.52. The molecule has 1 saturated heterocycles. The normalized spacial score (nSPS) is 22.9. The largest absolute Gasteiger partial charge is 0.504 e. The van der Waals surface area contributed by atoms with E-state index in [0.29, 0.717) is 68.8 Å². The van der Waals surface area contributed by atoms with Gasteiger partial charge < -0.3 is 55.3 Å². The van der Waals surface area contributed by atoms with Crippen LogP contribution >= 0.6 is 0 Å². The third-order valence-corrected chi connectivity index (χ3v) is 12.3. The Bertz CT molecular complexity index is 2190. The number of amides is 4. The summed E-state index contributed by atoms with van der Waals surface area (Å²) in [5.74, 6) is 5.76. The zero-order chi connectivity index (χ0) is 43.7. The Hall–Kier alpha value is -5.73. The van der Waals surface area contributed by atoms with Crippen molar-refractivity contribution in [1.29, 1.82) is 0 Å². The van der Waals surface area contributed by atoms with Crippen LogP contribution in [0.5, 0.6) is 17.2 Å². The minimum atomic E-state index is -1.05. The van der Waals surface area contributed by atoms with E-state index in [9.17, 15) is 29.4 Å². The second kappa shape index (κ2) is 20.0. The number of rotatable bonds is 19. The van der Waals surface area contributed by atoms with Crippen LogP contribution in [-0.4, -0.2) is 134 Å². The standard InChI is InChI=1S/C46H56N6O10/c1-30-8-6-10-33(50-30)14-12-31-9-7-11-34(24-31)61-23-21-49-40(56)28-59-26-38(54)47-19-4-3-5-20-48-39(55)27-60-29-41(57)51-35-16-17-46(58)37-25-32-13-15-36(53)43-42(32)45(46,44(35)62-43)18-22-52(37)2/h6-11,13,15,24,35,37,44,53,58H,3-5,16-23,25-29H2,1-2H3,(H,47,54)(H,48,55)(H,49,56)(H,51,57)/t35-,37?,44-,45-,46+/m0/s1. The van der Waals surface area contributed by atoms with Gasteiger partial charge in [0.25, 0.3) is 0 Å². The van der Waals surface area contributed by atoms with E-state index >= 15 is 0 Å². The van der Waals surface area contributed by atoms with Crippen LogP contribution in [0.25, 0.3) is 0 Å². The second-order valence-electron chi connectivity index (χ2n) is 16.4. The SMILES string of the molecule is Cc1cccc(C#Cc2cccc(OCCNC(=O)COCC(=O)NCCCCCNC(=O)COCC(=O)N[C@H]3CC[C@@]4(O)C5Cc6ccc(O)c7c6[C@@]4(CCN5C)[C@H]3O7)c2)n1. The van der Waals surface area contributed by atoms with Gasteiger partial charge in [-0.25, -0.2) is 4.98 Å². The molecule has 62 heavy (non-hydrogen) atoms. The summed E-state index contributed by atoms with van der Waals surface area (Å²) in [6, 6.07) is 16.1. The lowest BCUT2D eigenvalue weighted by atomic mass is 9.48. The average Bonchev–Trinajstić information content (AvgIpc) is 3.61. The number of aliphatic hydroxyl groups is 1. The number of ether oxygens (including phenoxy) is 4.